The number of phosphoric ester groups is 2. The Morgan fingerprint density at radius 1 is 0.322 bits per heavy atom. The van der Waals surface area contributed by atoms with Crippen LogP contribution in [0.15, 0.2) is 0 Å². The minimum Gasteiger partial charge on any atom is -0.462 e. The molecule has 0 amide bonds. The van der Waals surface area contributed by atoms with Crippen LogP contribution in [0.3, 0.4) is 0 Å². The zero-order chi connectivity index (χ0) is 66.6. The van der Waals surface area contributed by atoms with E-state index in [1.807, 2.05) is 0 Å². The maximum absolute atomic E-state index is 13.0. The first-order valence-corrected chi connectivity index (χ1v) is 39.9. The lowest BCUT2D eigenvalue weighted by Crippen LogP contribution is -2.30. The van der Waals surface area contributed by atoms with Gasteiger partial charge in [-0.3, -0.25) is 37.3 Å². The van der Waals surface area contributed by atoms with Crippen molar-refractivity contribution in [2.45, 2.75) is 375 Å². The fraction of sp³-hybridized carbons (Fsp3) is 0.944. The molecule has 90 heavy (non-hydrogen) atoms. The largest absolute Gasteiger partial charge is 0.472 e. The molecule has 0 heterocycles. The number of phosphoric acid groups is 2. The molecule has 0 fully saturated rings. The van der Waals surface area contributed by atoms with E-state index in [1.165, 1.54) is 161 Å². The SMILES string of the molecule is CCCCCCCC(=O)OC[C@H](COP(=O)(O)OC[C@H](O)COP(=O)(O)OC[C@@H](COC(=O)CCCCCCCCCCCCCCCC(C)C)OC(=O)CCCCCCCCCCCCCCCCC(C)C)OC(=O)CCCCCCCCCCC(C)CC. The second-order valence-corrected chi connectivity index (χ2v) is 29.7. The molecule has 0 spiro atoms. The number of carbonyl (C=O) groups is 4. The van der Waals surface area contributed by atoms with E-state index in [0.29, 0.717) is 25.7 Å². The minimum absolute atomic E-state index is 0.104. The zero-order valence-electron chi connectivity index (χ0n) is 58.6. The van der Waals surface area contributed by atoms with Crippen LogP contribution >= 0.6 is 15.6 Å². The van der Waals surface area contributed by atoms with Gasteiger partial charge in [0.1, 0.15) is 19.3 Å². The Kier molecular flexibility index (Phi) is 60.6. The van der Waals surface area contributed by atoms with Crippen molar-refractivity contribution < 1.29 is 80.2 Å². The van der Waals surface area contributed by atoms with E-state index in [-0.39, 0.29) is 25.7 Å². The summed E-state index contributed by atoms with van der Waals surface area (Å²) < 4.78 is 68.1. The monoisotopic (exact) mass is 1320 g/mol. The lowest BCUT2D eigenvalue weighted by molar-refractivity contribution is -0.161. The van der Waals surface area contributed by atoms with Gasteiger partial charge in [0.2, 0.25) is 0 Å². The average molecular weight is 1330 g/mol. The van der Waals surface area contributed by atoms with Crippen LogP contribution in [0.4, 0.5) is 0 Å². The summed E-state index contributed by atoms with van der Waals surface area (Å²) in [6.45, 7) is 11.8. The first kappa shape index (κ1) is 88.1. The lowest BCUT2D eigenvalue weighted by atomic mass is 9.99. The number of hydrogen-bond acceptors (Lipinski definition) is 15. The third-order valence-corrected chi connectivity index (χ3v) is 18.6. The highest BCUT2D eigenvalue weighted by atomic mass is 31.2. The molecule has 0 aliphatic heterocycles. The van der Waals surface area contributed by atoms with Crippen molar-refractivity contribution in [3.05, 3.63) is 0 Å². The Hall–Kier alpha value is -1.94. The van der Waals surface area contributed by atoms with Crippen LogP contribution in [-0.4, -0.2) is 96.7 Å². The molecule has 0 aromatic rings. The number of hydrogen-bond donors (Lipinski definition) is 3. The highest BCUT2D eigenvalue weighted by molar-refractivity contribution is 7.47. The molecule has 0 aliphatic rings. The summed E-state index contributed by atoms with van der Waals surface area (Å²) in [5, 5.41) is 10.6. The van der Waals surface area contributed by atoms with Gasteiger partial charge in [-0.05, 0) is 43.4 Å². The number of aliphatic hydroxyl groups is 1. The van der Waals surface area contributed by atoms with Crippen molar-refractivity contribution in [2.75, 3.05) is 39.6 Å². The van der Waals surface area contributed by atoms with Crippen LogP contribution in [0.25, 0.3) is 0 Å². The Labute approximate surface area is 549 Å². The molecule has 6 atom stereocenters. The summed E-state index contributed by atoms with van der Waals surface area (Å²) in [5.74, 6) is 0.220. The van der Waals surface area contributed by atoms with E-state index in [4.69, 9.17) is 37.0 Å². The van der Waals surface area contributed by atoms with E-state index < -0.39 is 97.5 Å². The summed E-state index contributed by atoms with van der Waals surface area (Å²) in [7, 11) is -9.89. The number of ether oxygens (including phenoxy) is 4. The molecule has 0 saturated carbocycles. The van der Waals surface area contributed by atoms with Crippen molar-refractivity contribution in [2.24, 2.45) is 17.8 Å². The van der Waals surface area contributed by atoms with Gasteiger partial charge in [-0.15, -0.1) is 0 Å². The van der Waals surface area contributed by atoms with Gasteiger partial charge in [-0.1, -0.05) is 305 Å². The third kappa shape index (κ3) is 63.5. The Balaban J connectivity index is 5.17. The van der Waals surface area contributed by atoms with Crippen LogP contribution in [-0.2, 0) is 65.4 Å². The van der Waals surface area contributed by atoms with Crippen molar-refractivity contribution in [3.8, 4) is 0 Å². The van der Waals surface area contributed by atoms with Crippen molar-refractivity contribution >= 4 is 39.5 Å². The van der Waals surface area contributed by atoms with Gasteiger partial charge in [0, 0.05) is 25.7 Å². The smallest absolute Gasteiger partial charge is 0.462 e. The summed E-state index contributed by atoms with van der Waals surface area (Å²) >= 11 is 0. The second-order valence-electron chi connectivity index (χ2n) is 26.8. The quantitative estimate of drug-likeness (QED) is 0.0222. The Morgan fingerprint density at radius 3 is 0.844 bits per heavy atom. The predicted molar refractivity (Wildman–Crippen MR) is 363 cm³/mol. The summed E-state index contributed by atoms with van der Waals surface area (Å²) in [4.78, 5) is 72.3. The zero-order valence-corrected chi connectivity index (χ0v) is 60.4. The molecule has 534 valence electrons. The van der Waals surface area contributed by atoms with E-state index >= 15 is 0 Å². The van der Waals surface area contributed by atoms with Crippen LogP contribution in [0.2, 0.25) is 0 Å². The fourth-order valence-corrected chi connectivity index (χ4v) is 12.3. The van der Waals surface area contributed by atoms with E-state index in [0.717, 1.165) is 114 Å². The van der Waals surface area contributed by atoms with Gasteiger partial charge >= 0.3 is 39.5 Å². The molecule has 0 aromatic carbocycles. The maximum Gasteiger partial charge on any atom is 0.472 e. The van der Waals surface area contributed by atoms with Gasteiger partial charge in [-0.25, -0.2) is 9.13 Å². The van der Waals surface area contributed by atoms with Gasteiger partial charge < -0.3 is 33.8 Å². The number of esters is 4. The molecular weight excluding hydrogens is 1190 g/mol. The number of carbonyl (C=O) groups excluding carboxylic acids is 4. The predicted octanol–water partition coefficient (Wildman–Crippen LogP) is 20.2. The maximum atomic E-state index is 13.0. The van der Waals surface area contributed by atoms with Crippen molar-refractivity contribution in [1.29, 1.82) is 0 Å². The van der Waals surface area contributed by atoms with E-state index in [2.05, 4.69) is 48.5 Å². The Morgan fingerprint density at radius 2 is 0.567 bits per heavy atom. The normalized spacial score (nSPS) is 14.5. The molecular formula is C71H138O17P2. The van der Waals surface area contributed by atoms with Crippen LogP contribution in [0.1, 0.15) is 357 Å². The highest BCUT2D eigenvalue weighted by Crippen LogP contribution is 2.45. The topological polar surface area (TPSA) is 237 Å². The minimum atomic E-state index is -4.95. The van der Waals surface area contributed by atoms with Gasteiger partial charge in [0.05, 0.1) is 26.4 Å². The molecule has 0 rings (SSSR count). The first-order chi connectivity index (χ1) is 43.3. The van der Waals surface area contributed by atoms with E-state index in [1.54, 1.807) is 0 Å². The molecule has 19 heteroatoms. The Bertz CT molecular complexity index is 1770. The van der Waals surface area contributed by atoms with Crippen LogP contribution < -0.4 is 0 Å². The summed E-state index contributed by atoms with van der Waals surface area (Å²) in [6, 6.07) is 0. The molecule has 3 unspecified atom stereocenters. The van der Waals surface area contributed by atoms with E-state index in [9.17, 15) is 43.2 Å². The van der Waals surface area contributed by atoms with Gasteiger partial charge in [0.15, 0.2) is 12.2 Å². The van der Waals surface area contributed by atoms with Gasteiger partial charge in [-0.2, -0.15) is 0 Å². The highest BCUT2D eigenvalue weighted by Gasteiger charge is 2.30. The molecule has 0 aromatic heterocycles. The molecule has 0 radical (unpaired) electrons. The molecule has 0 bridgehead atoms. The first-order valence-electron chi connectivity index (χ1n) is 36.9. The number of aliphatic hydroxyl groups excluding tert-OH is 1. The average Bonchev–Trinajstić information content (AvgIpc) is 3.53. The standard InChI is InChI=1S/C71H138O17P2/c1-8-10-11-35-45-52-68(73)81-58-66(87-71(76)55-48-41-34-28-27-31-38-44-51-64(7)9-2)60-85-89(77,78)83-56-65(72)57-84-90(79,80)86-61-67(59-82-69(74)53-46-39-32-25-21-18-14-16-20-24-30-37-43-50-63(5)6)88-70(75)54-47-40-33-26-22-17-13-12-15-19-23-29-36-42-49-62(3)4/h62-67,72H,8-61H2,1-7H3,(H,77,78)(H,79,80)/t64?,65-,66+,67+/m0/s1. The molecule has 0 aliphatic carbocycles. The molecule has 0 saturated heterocycles. The number of rotatable bonds is 69. The summed E-state index contributed by atoms with van der Waals surface area (Å²) in [6.07, 6.45) is 46.1. The third-order valence-electron chi connectivity index (χ3n) is 16.7. The molecule has 17 nitrogen and oxygen atoms in total. The fourth-order valence-electron chi connectivity index (χ4n) is 10.7. The summed E-state index contributed by atoms with van der Waals surface area (Å²) in [5.41, 5.74) is 0. The molecule has 3 N–H and O–H groups in total. The van der Waals surface area contributed by atoms with Crippen LogP contribution in [0.5, 0.6) is 0 Å². The van der Waals surface area contributed by atoms with Crippen molar-refractivity contribution in [1.82, 2.24) is 0 Å². The van der Waals surface area contributed by atoms with Crippen LogP contribution in [0, 0.1) is 17.8 Å². The van der Waals surface area contributed by atoms with Gasteiger partial charge in [0.25, 0.3) is 0 Å². The lowest BCUT2D eigenvalue weighted by Gasteiger charge is -2.21. The second kappa shape index (κ2) is 61.9. The number of unbranched alkanes of at least 4 members (excludes halogenated alkanes) is 36. The van der Waals surface area contributed by atoms with Crippen molar-refractivity contribution in [3.63, 3.8) is 0 Å².